The first kappa shape index (κ1) is 20.5. The van der Waals surface area contributed by atoms with Gasteiger partial charge in [0, 0.05) is 16.8 Å². The molecule has 2 aromatic rings. The largest absolute Gasteiger partial charge is 0.493 e. The lowest BCUT2D eigenvalue weighted by molar-refractivity contribution is -0.133. The summed E-state index contributed by atoms with van der Waals surface area (Å²) in [6.07, 6.45) is 0. The molecule has 1 aliphatic rings. The number of methoxy groups -OCH3 is 2. The Balaban J connectivity index is 1.73. The van der Waals surface area contributed by atoms with E-state index in [0.717, 1.165) is 4.90 Å². The molecule has 1 fully saturated rings. The van der Waals surface area contributed by atoms with Crippen LogP contribution in [-0.4, -0.2) is 43.5 Å². The van der Waals surface area contributed by atoms with Crippen molar-refractivity contribution in [1.29, 1.82) is 0 Å². The lowest BCUT2D eigenvalue weighted by Gasteiger charge is -2.22. The lowest BCUT2D eigenvalue weighted by atomic mass is 9.92. The molecule has 0 saturated carbocycles. The number of urea groups is 1. The average molecular weight is 418 g/mol. The van der Waals surface area contributed by atoms with Gasteiger partial charge in [0.1, 0.15) is 12.1 Å². The summed E-state index contributed by atoms with van der Waals surface area (Å²) in [4.78, 5) is 38.6. The Hall–Kier alpha value is -3.26. The number of imide groups is 1. The van der Waals surface area contributed by atoms with E-state index in [1.54, 1.807) is 49.4 Å². The van der Waals surface area contributed by atoms with E-state index in [2.05, 4.69) is 10.6 Å². The quantitative estimate of drug-likeness (QED) is 0.704. The Morgan fingerprint density at radius 3 is 2.38 bits per heavy atom. The number of hydrogen-bond donors (Lipinski definition) is 2. The average Bonchev–Trinajstić information content (AvgIpc) is 2.92. The molecule has 0 aromatic heterocycles. The van der Waals surface area contributed by atoms with E-state index in [-0.39, 0.29) is 0 Å². The lowest BCUT2D eigenvalue weighted by Crippen LogP contribution is -2.42. The number of rotatable bonds is 6. The number of anilines is 1. The number of carbonyl (C=O) groups excluding carboxylic acids is 3. The number of hydrogen-bond acceptors (Lipinski definition) is 5. The summed E-state index contributed by atoms with van der Waals surface area (Å²) < 4.78 is 10.3. The van der Waals surface area contributed by atoms with Crippen LogP contribution in [0.5, 0.6) is 11.5 Å². The minimum Gasteiger partial charge on any atom is -0.493 e. The van der Waals surface area contributed by atoms with E-state index in [1.807, 2.05) is 0 Å². The Bertz CT molecular complexity index is 963. The van der Waals surface area contributed by atoms with E-state index in [0.29, 0.717) is 27.8 Å². The highest BCUT2D eigenvalue weighted by molar-refractivity contribution is 6.30. The molecular weight excluding hydrogens is 398 g/mol. The maximum absolute atomic E-state index is 12.9. The first-order valence-corrected chi connectivity index (χ1v) is 9.08. The molecule has 2 N–H and O–H groups in total. The summed E-state index contributed by atoms with van der Waals surface area (Å²) in [6.45, 7) is 1.16. The van der Waals surface area contributed by atoms with Crippen LogP contribution in [0.25, 0.3) is 0 Å². The number of ether oxygens (including phenoxy) is 2. The van der Waals surface area contributed by atoms with Crippen LogP contribution in [0.4, 0.5) is 10.5 Å². The molecule has 0 radical (unpaired) electrons. The van der Waals surface area contributed by atoms with E-state index < -0.39 is 29.9 Å². The fraction of sp³-hybridized carbons (Fsp3) is 0.250. The number of nitrogens with one attached hydrogen (secondary N) is 2. The minimum atomic E-state index is -1.27. The van der Waals surface area contributed by atoms with Crippen LogP contribution in [0.1, 0.15) is 12.5 Å². The Kier molecular flexibility index (Phi) is 5.65. The summed E-state index contributed by atoms with van der Waals surface area (Å²) in [6, 6.07) is 10.8. The highest BCUT2D eigenvalue weighted by Crippen LogP contribution is 2.31. The van der Waals surface area contributed by atoms with E-state index >= 15 is 0 Å². The third kappa shape index (κ3) is 3.97. The van der Waals surface area contributed by atoms with Crippen molar-refractivity contribution in [2.24, 2.45) is 0 Å². The van der Waals surface area contributed by atoms with Gasteiger partial charge in [0.05, 0.1) is 14.2 Å². The van der Waals surface area contributed by atoms with Crippen molar-refractivity contribution in [2.75, 3.05) is 26.1 Å². The predicted octanol–water partition coefficient (Wildman–Crippen LogP) is 2.76. The number of amides is 4. The van der Waals surface area contributed by atoms with Gasteiger partial charge in [-0.2, -0.15) is 0 Å². The summed E-state index contributed by atoms with van der Waals surface area (Å²) in [5.41, 5.74) is -0.256. The molecule has 29 heavy (non-hydrogen) atoms. The van der Waals surface area contributed by atoms with Crippen molar-refractivity contribution in [1.82, 2.24) is 10.2 Å². The van der Waals surface area contributed by atoms with Crippen molar-refractivity contribution in [2.45, 2.75) is 12.5 Å². The molecule has 1 aliphatic heterocycles. The van der Waals surface area contributed by atoms with Crippen LogP contribution in [0.15, 0.2) is 42.5 Å². The standard InChI is InChI=1S/C20H20ClN3O5/c1-20(12-4-6-13(21)7-5-12)18(26)24(19(27)23-20)11-17(25)22-14-8-9-15(28-2)16(10-14)29-3/h4-10H,11H2,1-3H3,(H,22,25)(H,23,27)/t20-/m0/s1. The molecule has 0 bridgehead atoms. The molecule has 152 valence electrons. The monoisotopic (exact) mass is 417 g/mol. The number of halogens is 1. The van der Waals surface area contributed by atoms with Gasteiger partial charge in [-0.1, -0.05) is 23.7 Å². The van der Waals surface area contributed by atoms with E-state index in [4.69, 9.17) is 21.1 Å². The Morgan fingerprint density at radius 1 is 1.10 bits per heavy atom. The second kappa shape index (κ2) is 8.00. The van der Waals surface area contributed by atoms with Gasteiger partial charge in [-0.15, -0.1) is 0 Å². The van der Waals surface area contributed by atoms with Crippen LogP contribution in [-0.2, 0) is 15.1 Å². The molecule has 1 saturated heterocycles. The van der Waals surface area contributed by atoms with E-state index in [9.17, 15) is 14.4 Å². The Morgan fingerprint density at radius 2 is 1.76 bits per heavy atom. The second-order valence-corrected chi connectivity index (χ2v) is 7.01. The third-order valence-corrected chi connectivity index (χ3v) is 4.92. The first-order chi connectivity index (χ1) is 13.8. The molecule has 0 aliphatic carbocycles. The maximum atomic E-state index is 12.9. The molecule has 2 aromatic carbocycles. The predicted molar refractivity (Wildman–Crippen MR) is 107 cm³/mol. The molecular formula is C20H20ClN3O5. The molecule has 0 unspecified atom stereocenters. The zero-order valence-corrected chi connectivity index (χ0v) is 16.9. The third-order valence-electron chi connectivity index (χ3n) is 4.67. The Labute approximate surface area is 172 Å². The smallest absolute Gasteiger partial charge is 0.325 e. The highest BCUT2D eigenvalue weighted by Gasteiger charge is 2.49. The van der Waals surface area contributed by atoms with Crippen LogP contribution >= 0.6 is 11.6 Å². The minimum absolute atomic E-state index is 0.428. The first-order valence-electron chi connectivity index (χ1n) is 8.70. The molecule has 1 atom stereocenters. The van der Waals surface area contributed by atoms with Crippen LogP contribution in [0.2, 0.25) is 5.02 Å². The van der Waals surface area contributed by atoms with Gasteiger partial charge in [-0.3, -0.25) is 14.5 Å². The van der Waals surface area contributed by atoms with Gasteiger partial charge in [-0.05, 0) is 36.8 Å². The number of carbonyl (C=O) groups is 3. The fourth-order valence-corrected chi connectivity index (χ4v) is 3.20. The van der Waals surface area contributed by atoms with Gasteiger partial charge >= 0.3 is 6.03 Å². The normalized spacial score (nSPS) is 18.4. The van der Waals surface area contributed by atoms with Gasteiger partial charge in [0.2, 0.25) is 5.91 Å². The van der Waals surface area contributed by atoms with E-state index in [1.165, 1.54) is 14.2 Å². The topological polar surface area (TPSA) is 97.0 Å². The van der Waals surface area contributed by atoms with Crippen molar-refractivity contribution >= 4 is 35.1 Å². The fourth-order valence-electron chi connectivity index (χ4n) is 3.08. The zero-order chi connectivity index (χ0) is 21.2. The van der Waals surface area contributed by atoms with Crippen LogP contribution in [0.3, 0.4) is 0 Å². The zero-order valence-electron chi connectivity index (χ0n) is 16.1. The van der Waals surface area contributed by atoms with Crippen LogP contribution < -0.4 is 20.1 Å². The molecule has 8 nitrogen and oxygen atoms in total. The highest BCUT2D eigenvalue weighted by atomic mass is 35.5. The van der Waals surface area contributed by atoms with Crippen molar-refractivity contribution < 1.29 is 23.9 Å². The number of benzene rings is 2. The summed E-state index contributed by atoms with van der Waals surface area (Å²) in [5, 5.41) is 5.81. The molecule has 0 spiro atoms. The molecule has 4 amide bonds. The van der Waals surface area contributed by atoms with Gasteiger partial charge in [-0.25, -0.2) is 4.79 Å². The van der Waals surface area contributed by atoms with Gasteiger partial charge in [0.15, 0.2) is 11.5 Å². The molecule has 1 heterocycles. The molecule has 3 rings (SSSR count). The van der Waals surface area contributed by atoms with Crippen molar-refractivity contribution in [3.63, 3.8) is 0 Å². The van der Waals surface area contributed by atoms with Crippen molar-refractivity contribution in [3.8, 4) is 11.5 Å². The second-order valence-electron chi connectivity index (χ2n) is 6.57. The summed E-state index contributed by atoms with van der Waals surface area (Å²) in [7, 11) is 2.99. The van der Waals surface area contributed by atoms with Gasteiger partial charge in [0.25, 0.3) is 5.91 Å². The molecule has 9 heteroatoms. The van der Waals surface area contributed by atoms with Gasteiger partial charge < -0.3 is 20.1 Å². The maximum Gasteiger partial charge on any atom is 0.325 e. The number of nitrogens with zero attached hydrogens (tertiary/aromatic N) is 1. The summed E-state index contributed by atoms with van der Waals surface area (Å²) in [5.74, 6) is -0.0951. The van der Waals surface area contributed by atoms with Crippen LogP contribution in [0, 0.1) is 0 Å². The summed E-state index contributed by atoms with van der Waals surface area (Å²) >= 11 is 5.89. The van der Waals surface area contributed by atoms with Crippen molar-refractivity contribution in [3.05, 3.63) is 53.1 Å². The SMILES string of the molecule is COc1ccc(NC(=O)CN2C(=O)N[C@@](C)(c3ccc(Cl)cc3)C2=O)cc1OC.